The summed E-state index contributed by atoms with van der Waals surface area (Å²) in [6.07, 6.45) is 1.98. The fraction of sp³-hybridized carbons (Fsp3) is 0.429. The second-order valence-electron chi connectivity index (χ2n) is 4.90. The lowest BCUT2D eigenvalue weighted by Crippen LogP contribution is -2.21. The van der Waals surface area contributed by atoms with Crippen LogP contribution in [0.2, 0.25) is 0 Å². The molecule has 1 aromatic heterocycles. The molecular weight excluding hydrogens is 290 g/mol. The third-order valence-corrected chi connectivity index (χ3v) is 3.86. The Morgan fingerprint density at radius 3 is 2.48 bits per heavy atom. The molecule has 1 amide bonds. The van der Waals surface area contributed by atoms with Gasteiger partial charge in [0.25, 0.3) is 5.91 Å². The summed E-state index contributed by atoms with van der Waals surface area (Å²) in [6.45, 7) is 4.50. The average Bonchev–Trinajstić information content (AvgIpc) is 2.73. The number of nitrogens with zero attached hydrogens (tertiary/aromatic N) is 1. The van der Waals surface area contributed by atoms with E-state index < -0.39 is 5.97 Å². The van der Waals surface area contributed by atoms with E-state index in [1.165, 1.54) is 12.0 Å². The maximum absolute atomic E-state index is 12.1. The molecule has 1 rings (SSSR count). The van der Waals surface area contributed by atoms with Gasteiger partial charge in [-0.1, -0.05) is 11.6 Å². The Kier molecular flexibility index (Phi) is 5.78. The van der Waals surface area contributed by atoms with E-state index in [4.69, 9.17) is 10.5 Å². The SMILES string of the molecule is COC(=O)c1c(NCC=C(C)C)sc(C(=O)N(C)C)c1N. The summed E-state index contributed by atoms with van der Waals surface area (Å²) in [4.78, 5) is 25.7. The Morgan fingerprint density at radius 2 is 2.00 bits per heavy atom. The van der Waals surface area contributed by atoms with Gasteiger partial charge in [0.15, 0.2) is 0 Å². The highest BCUT2D eigenvalue weighted by atomic mass is 32.1. The van der Waals surface area contributed by atoms with Crippen LogP contribution in [0.5, 0.6) is 0 Å². The van der Waals surface area contributed by atoms with E-state index in [-0.39, 0.29) is 17.2 Å². The van der Waals surface area contributed by atoms with Gasteiger partial charge in [0, 0.05) is 20.6 Å². The average molecular weight is 311 g/mol. The molecule has 0 aliphatic rings. The lowest BCUT2D eigenvalue weighted by Gasteiger charge is -2.08. The highest BCUT2D eigenvalue weighted by Crippen LogP contribution is 2.36. The Balaban J connectivity index is 3.21. The van der Waals surface area contributed by atoms with Crippen LogP contribution in [0.1, 0.15) is 33.9 Å². The molecule has 0 radical (unpaired) electrons. The number of carbonyl (C=O) groups is 2. The van der Waals surface area contributed by atoms with Crippen LogP contribution >= 0.6 is 11.3 Å². The molecule has 7 heteroatoms. The van der Waals surface area contributed by atoms with E-state index in [1.807, 2.05) is 19.9 Å². The summed E-state index contributed by atoms with van der Waals surface area (Å²) in [5, 5.41) is 3.65. The number of hydrogen-bond acceptors (Lipinski definition) is 6. The van der Waals surface area contributed by atoms with Crippen molar-refractivity contribution in [3.8, 4) is 0 Å². The van der Waals surface area contributed by atoms with Gasteiger partial charge < -0.3 is 20.7 Å². The lowest BCUT2D eigenvalue weighted by atomic mass is 10.2. The van der Waals surface area contributed by atoms with E-state index in [9.17, 15) is 9.59 Å². The zero-order valence-electron chi connectivity index (χ0n) is 12.9. The van der Waals surface area contributed by atoms with E-state index in [1.54, 1.807) is 14.1 Å². The minimum atomic E-state index is -0.554. The number of methoxy groups -OCH3 is 1. The molecule has 1 heterocycles. The lowest BCUT2D eigenvalue weighted by molar-refractivity contribution is 0.0603. The molecule has 0 spiro atoms. The first kappa shape index (κ1) is 17.0. The van der Waals surface area contributed by atoms with Crippen molar-refractivity contribution in [1.29, 1.82) is 0 Å². The van der Waals surface area contributed by atoms with Gasteiger partial charge in [-0.2, -0.15) is 0 Å². The summed E-state index contributed by atoms with van der Waals surface area (Å²) < 4.78 is 4.75. The monoisotopic (exact) mass is 311 g/mol. The Morgan fingerprint density at radius 1 is 1.38 bits per heavy atom. The van der Waals surface area contributed by atoms with Gasteiger partial charge in [0.05, 0.1) is 12.8 Å². The van der Waals surface area contributed by atoms with Crippen molar-refractivity contribution < 1.29 is 14.3 Å². The van der Waals surface area contributed by atoms with Crippen LogP contribution in [0.15, 0.2) is 11.6 Å². The predicted octanol–water partition coefficient (Wildman–Crippen LogP) is 2.20. The maximum Gasteiger partial charge on any atom is 0.343 e. The second kappa shape index (κ2) is 7.12. The molecule has 3 N–H and O–H groups in total. The number of allylic oxidation sites excluding steroid dienone is 1. The van der Waals surface area contributed by atoms with Crippen molar-refractivity contribution in [1.82, 2.24) is 4.90 Å². The van der Waals surface area contributed by atoms with Crippen LogP contribution in [0.25, 0.3) is 0 Å². The van der Waals surface area contributed by atoms with Crippen LogP contribution in [0, 0.1) is 0 Å². The Hall–Kier alpha value is -2.02. The summed E-state index contributed by atoms with van der Waals surface area (Å²) in [7, 11) is 4.55. The van der Waals surface area contributed by atoms with Gasteiger partial charge in [0.2, 0.25) is 0 Å². The van der Waals surface area contributed by atoms with Crippen LogP contribution in [-0.2, 0) is 4.74 Å². The molecule has 0 aliphatic heterocycles. The molecule has 0 atom stereocenters. The van der Waals surface area contributed by atoms with Crippen molar-refractivity contribution >= 4 is 33.9 Å². The van der Waals surface area contributed by atoms with Gasteiger partial charge in [-0.15, -0.1) is 11.3 Å². The van der Waals surface area contributed by atoms with Crippen molar-refractivity contribution in [2.45, 2.75) is 13.8 Å². The van der Waals surface area contributed by atoms with Gasteiger partial charge in [0.1, 0.15) is 15.4 Å². The first-order valence-electron chi connectivity index (χ1n) is 6.39. The number of carbonyl (C=O) groups excluding carboxylic acids is 2. The maximum atomic E-state index is 12.1. The summed E-state index contributed by atoms with van der Waals surface area (Å²) in [5.41, 5.74) is 7.48. The molecule has 21 heavy (non-hydrogen) atoms. The number of nitrogen functional groups attached to an aromatic ring is 1. The first-order valence-corrected chi connectivity index (χ1v) is 7.20. The number of rotatable bonds is 5. The van der Waals surface area contributed by atoms with Crippen LogP contribution in [0.4, 0.5) is 10.7 Å². The fourth-order valence-electron chi connectivity index (χ4n) is 1.58. The number of nitrogens with one attached hydrogen (secondary N) is 1. The summed E-state index contributed by atoms with van der Waals surface area (Å²) in [6, 6.07) is 0. The van der Waals surface area contributed by atoms with Crippen molar-refractivity contribution in [2.24, 2.45) is 0 Å². The number of esters is 1. The predicted molar refractivity (Wildman–Crippen MR) is 86.0 cm³/mol. The van der Waals surface area contributed by atoms with Gasteiger partial charge in [-0.05, 0) is 13.8 Å². The highest BCUT2D eigenvalue weighted by molar-refractivity contribution is 7.19. The number of nitrogens with two attached hydrogens (primary N) is 1. The van der Waals surface area contributed by atoms with Crippen molar-refractivity contribution in [2.75, 3.05) is 38.8 Å². The number of amides is 1. The molecule has 6 nitrogen and oxygen atoms in total. The molecular formula is C14H21N3O3S. The van der Waals surface area contributed by atoms with Crippen LogP contribution in [-0.4, -0.2) is 44.5 Å². The minimum absolute atomic E-state index is 0.158. The molecule has 0 saturated heterocycles. The van der Waals surface area contributed by atoms with Gasteiger partial charge in [-0.25, -0.2) is 4.79 Å². The number of hydrogen-bond donors (Lipinski definition) is 2. The summed E-state index contributed by atoms with van der Waals surface area (Å²) in [5.74, 6) is -0.792. The molecule has 0 unspecified atom stereocenters. The van der Waals surface area contributed by atoms with Crippen LogP contribution < -0.4 is 11.1 Å². The molecule has 116 valence electrons. The minimum Gasteiger partial charge on any atom is -0.465 e. The molecule has 1 aromatic rings. The standard InChI is InChI=1S/C14H21N3O3S/c1-8(2)6-7-16-12-9(14(19)20-5)10(15)11(21-12)13(18)17(3)4/h6,16H,7,15H2,1-5H3. The normalized spacial score (nSPS) is 9.95. The molecule has 0 saturated carbocycles. The van der Waals surface area contributed by atoms with Crippen molar-refractivity contribution in [3.05, 3.63) is 22.1 Å². The van der Waals surface area contributed by atoms with Gasteiger partial charge in [-0.3, -0.25) is 4.79 Å². The number of thiophene rings is 1. The largest absolute Gasteiger partial charge is 0.465 e. The summed E-state index contributed by atoms with van der Waals surface area (Å²) >= 11 is 1.16. The van der Waals surface area contributed by atoms with E-state index in [0.717, 1.165) is 16.9 Å². The second-order valence-corrected chi connectivity index (χ2v) is 5.92. The Bertz CT molecular complexity index is 572. The van der Waals surface area contributed by atoms with Crippen molar-refractivity contribution in [3.63, 3.8) is 0 Å². The molecule has 0 aromatic carbocycles. The Labute approximate surface area is 128 Å². The van der Waals surface area contributed by atoms with Crippen LogP contribution in [0.3, 0.4) is 0 Å². The molecule has 0 bridgehead atoms. The van der Waals surface area contributed by atoms with E-state index in [2.05, 4.69) is 5.32 Å². The van der Waals surface area contributed by atoms with E-state index in [0.29, 0.717) is 16.4 Å². The molecule has 0 fully saturated rings. The van der Waals surface area contributed by atoms with E-state index >= 15 is 0 Å². The smallest absolute Gasteiger partial charge is 0.343 e. The quantitative estimate of drug-likeness (QED) is 0.643. The topological polar surface area (TPSA) is 84.7 Å². The third-order valence-electron chi connectivity index (χ3n) is 2.71. The number of ether oxygens (including phenoxy) is 1. The molecule has 0 aliphatic carbocycles. The fourth-order valence-corrected chi connectivity index (χ4v) is 2.72. The zero-order chi connectivity index (χ0) is 16.2. The highest BCUT2D eigenvalue weighted by Gasteiger charge is 2.26. The number of anilines is 2. The first-order chi connectivity index (χ1) is 9.79. The van der Waals surface area contributed by atoms with Gasteiger partial charge >= 0.3 is 5.97 Å². The zero-order valence-corrected chi connectivity index (χ0v) is 13.8. The third kappa shape index (κ3) is 3.98.